The Morgan fingerprint density at radius 3 is 2.73 bits per heavy atom. The molecule has 0 aliphatic heterocycles. The van der Waals surface area contributed by atoms with Crippen molar-refractivity contribution in [3.05, 3.63) is 22.9 Å². The summed E-state index contributed by atoms with van der Waals surface area (Å²) in [5.41, 5.74) is 0. The van der Waals surface area contributed by atoms with E-state index in [1.807, 2.05) is 13.8 Å². The van der Waals surface area contributed by atoms with E-state index in [0.717, 1.165) is 11.3 Å². The van der Waals surface area contributed by atoms with Gasteiger partial charge in [-0.15, -0.1) is 11.3 Å². The highest BCUT2D eigenvalue weighted by molar-refractivity contribution is 7.15. The second-order valence-corrected chi connectivity index (χ2v) is 6.13. The summed E-state index contributed by atoms with van der Waals surface area (Å²) in [6.07, 6.45) is -2.85. The number of aryl methyl sites for hydroxylation is 1. The van der Waals surface area contributed by atoms with E-state index in [1.54, 1.807) is 12.1 Å². The SMILES string of the molecule is CCC(C)C(=O)CCc1ccc(-c2noc(C(F)(F)F)n2)s1. The molecule has 0 aliphatic rings. The van der Waals surface area contributed by atoms with Crippen molar-refractivity contribution < 1.29 is 22.5 Å². The van der Waals surface area contributed by atoms with Crippen LogP contribution in [0.25, 0.3) is 10.7 Å². The molecule has 2 aromatic rings. The number of carbonyl (C=O) groups is 1. The minimum atomic E-state index is -4.64. The van der Waals surface area contributed by atoms with Crippen LogP contribution in [0.15, 0.2) is 16.7 Å². The molecule has 0 N–H and O–H groups in total. The van der Waals surface area contributed by atoms with Crippen LogP contribution in [0.5, 0.6) is 0 Å². The largest absolute Gasteiger partial charge is 0.471 e. The molecule has 8 heteroatoms. The van der Waals surface area contributed by atoms with Crippen molar-refractivity contribution in [2.24, 2.45) is 5.92 Å². The molecule has 0 saturated heterocycles. The number of rotatable bonds is 6. The number of alkyl halides is 3. The van der Waals surface area contributed by atoms with Gasteiger partial charge in [0.1, 0.15) is 5.78 Å². The van der Waals surface area contributed by atoms with E-state index >= 15 is 0 Å². The lowest BCUT2D eigenvalue weighted by atomic mass is 10.00. The summed E-state index contributed by atoms with van der Waals surface area (Å²) in [7, 11) is 0. The van der Waals surface area contributed by atoms with Crippen LogP contribution in [-0.2, 0) is 17.4 Å². The van der Waals surface area contributed by atoms with Gasteiger partial charge in [0.2, 0.25) is 5.82 Å². The van der Waals surface area contributed by atoms with Gasteiger partial charge in [-0.1, -0.05) is 19.0 Å². The second-order valence-electron chi connectivity index (χ2n) is 4.96. The molecule has 2 heterocycles. The van der Waals surface area contributed by atoms with Crippen molar-refractivity contribution in [2.75, 3.05) is 0 Å². The lowest BCUT2D eigenvalue weighted by molar-refractivity contribution is -0.159. The van der Waals surface area contributed by atoms with Gasteiger partial charge in [-0.2, -0.15) is 18.2 Å². The first-order valence-corrected chi connectivity index (χ1v) is 7.65. The minimum absolute atomic E-state index is 0.0333. The lowest BCUT2D eigenvalue weighted by Crippen LogP contribution is -2.10. The lowest BCUT2D eigenvalue weighted by Gasteiger charge is -2.05. The van der Waals surface area contributed by atoms with E-state index in [4.69, 9.17) is 0 Å². The van der Waals surface area contributed by atoms with Crippen LogP contribution < -0.4 is 0 Å². The maximum absolute atomic E-state index is 12.4. The molecule has 0 amide bonds. The molecule has 0 bridgehead atoms. The molecule has 0 radical (unpaired) electrons. The van der Waals surface area contributed by atoms with Crippen LogP contribution in [0, 0.1) is 5.92 Å². The normalized spacial score (nSPS) is 13.3. The molecule has 0 aliphatic carbocycles. The van der Waals surface area contributed by atoms with E-state index in [1.165, 1.54) is 11.3 Å². The van der Waals surface area contributed by atoms with Gasteiger partial charge >= 0.3 is 12.1 Å². The summed E-state index contributed by atoms with van der Waals surface area (Å²) in [5, 5.41) is 3.34. The standard InChI is InChI=1S/C14H15F3N2O2S/c1-3-8(2)10(20)6-4-9-5-7-11(22-9)12-18-13(21-19-12)14(15,16)17/h5,7-8H,3-4,6H2,1-2H3. The van der Waals surface area contributed by atoms with Crippen molar-refractivity contribution in [1.29, 1.82) is 0 Å². The molecule has 2 rings (SSSR count). The summed E-state index contributed by atoms with van der Waals surface area (Å²) in [6.45, 7) is 3.85. The Morgan fingerprint density at radius 2 is 2.14 bits per heavy atom. The molecule has 1 atom stereocenters. The number of Topliss-reactive ketones (excluding diaryl/α,β-unsaturated/α-hetero) is 1. The van der Waals surface area contributed by atoms with Crippen molar-refractivity contribution in [1.82, 2.24) is 10.1 Å². The van der Waals surface area contributed by atoms with Gasteiger partial charge in [-0.05, 0) is 25.0 Å². The zero-order valence-electron chi connectivity index (χ0n) is 12.1. The van der Waals surface area contributed by atoms with Gasteiger partial charge < -0.3 is 4.52 Å². The monoisotopic (exact) mass is 332 g/mol. The maximum Gasteiger partial charge on any atom is 0.471 e. The Bertz CT molecular complexity index is 649. The molecule has 1 unspecified atom stereocenters. The number of hydrogen-bond donors (Lipinski definition) is 0. The average molecular weight is 332 g/mol. The molecular weight excluding hydrogens is 317 g/mol. The molecule has 4 nitrogen and oxygen atoms in total. The summed E-state index contributed by atoms with van der Waals surface area (Å²) < 4.78 is 41.4. The van der Waals surface area contributed by atoms with Crippen molar-refractivity contribution in [3.63, 3.8) is 0 Å². The fourth-order valence-electron chi connectivity index (χ4n) is 1.79. The van der Waals surface area contributed by atoms with Crippen molar-refractivity contribution >= 4 is 17.1 Å². The Morgan fingerprint density at radius 1 is 1.41 bits per heavy atom. The van der Waals surface area contributed by atoms with Gasteiger partial charge in [-0.25, -0.2) is 0 Å². The highest BCUT2D eigenvalue weighted by Crippen LogP contribution is 2.32. The van der Waals surface area contributed by atoms with Crippen LogP contribution in [-0.4, -0.2) is 15.9 Å². The summed E-state index contributed by atoms with van der Waals surface area (Å²) in [4.78, 5) is 16.5. The number of carbonyl (C=O) groups excluding carboxylic acids is 1. The van der Waals surface area contributed by atoms with E-state index in [2.05, 4.69) is 14.7 Å². The predicted molar refractivity (Wildman–Crippen MR) is 75.4 cm³/mol. The van der Waals surface area contributed by atoms with Crippen LogP contribution in [0.1, 0.15) is 37.5 Å². The fourth-order valence-corrected chi connectivity index (χ4v) is 2.72. The van der Waals surface area contributed by atoms with Crippen LogP contribution >= 0.6 is 11.3 Å². The molecule has 0 fully saturated rings. The Kier molecular flexibility index (Phi) is 5.00. The van der Waals surface area contributed by atoms with Gasteiger partial charge in [0.15, 0.2) is 0 Å². The highest BCUT2D eigenvalue weighted by Gasteiger charge is 2.38. The number of nitrogens with zero attached hydrogens (tertiary/aromatic N) is 2. The summed E-state index contributed by atoms with van der Waals surface area (Å²) in [6, 6.07) is 3.41. The van der Waals surface area contributed by atoms with Gasteiger partial charge in [0.25, 0.3) is 0 Å². The van der Waals surface area contributed by atoms with Crippen LogP contribution in [0.2, 0.25) is 0 Å². The third-order valence-corrected chi connectivity index (χ3v) is 4.47. The topological polar surface area (TPSA) is 56.0 Å². The van der Waals surface area contributed by atoms with E-state index < -0.39 is 12.1 Å². The third-order valence-electron chi connectivity index (χ3n) is 3.33. The molecule has 120 valence electrons. The highest BCUT2D eigenvalue weighted by atomic mass is 32.1. The molecular formula is C14H15F3N2O2S. The first-order chi connectivity index (χ1) is 10.3. The smallest absolute Gasteiger partial charge is 0.329 e. The van der Waals surface area contributed by atoms with E-state index in [9.17, 15) is 18.0 Å². The van der Waals surface area contributed by atoms with E-state index in [0.29, 0.717) is 17.7 Å². The van der Waals surface area contributed by atoms with Crippen LogP contribution in [0.4, 0.5) is 13.2 Å². The Hall–Kier alpha value is -1.70. The minimum Gasteiger partial charge on any atom is -0.329 e. The summed E-state index contributed by atoms with van der Waals surface area (Å²) >= 11 is 1.27. The van der Waals surface area contributed by atoms with Gasteiger partial charge in [-0.3, -0.25) is 4.79 Å². The molecule has 2 aromatic heterocycles. The zero-order chi connectivity index (χ0) is 16.3. The first kappa shape index (κ1) is 16.7. The number of aromatic nitrogens is 2. The second kappa shape index (κ2) is 6.60. The average Bonchev–Trinajstić information content (AvgIpc) is 3.11. The third kappa shape index (κ3) is 3.94. The van der Waals surface area contributed by atoms with Crippen molar-refractivity contribution in [3.8, 4) is 10.7 Å². The summed E-state index contributed by atoms with van der Waals surface area (Å²) in [5.74, 6) is -1.22. The van der Waals surface area contributed by atoms with Crippen LogP contribution in [0.3, 0.4) is 0 Å². The Labute approximate surface area is 129 Å². The Balaban J connectivity index is 2.02. The van der Waals surface area contributed by atoms with E-state index in [-0.39, 0.29) is 17.5 Å². The number of halogens is 3. The molecule has 22 heavy (non-hydrogen) atoms. The number of thiophene rings is 1. The van der Waals surface area contributed by atoms with Gasteiger partial charge in [0.05, 0.1) is 4.88 Å². The van der Waals surface area contributed by atoms with Crippen molar-refractivity contribution in [2.45, 2.75) is 39.3 Å². The first-order valence-electron chi connectivity index (χ1n) is 6.84. The number of hydrogen-bond acceptors (Lipinski definition) is 5. The fraction of sp³-hybridized carbons (Fsp3) is 0.500. The number of ketones is 1. The maximum atomic E-state index is 12.4. The zero-order valence-corrected chi connectivity index (χ0v) is 12.9. The van der Waals surface area contributed by atoms with Gasteiger partial charge in [0, 0.05) is 17.2 Å². The molecule has 0 spiro atoms. The molecule has 0 aromatic carbocycles. The quantitative estimate of drug-likeness (QED) is 0.788. The predicted octanol–water partition coefficient (Wildman–Crippen LogP) is 4.36. The molecule has 0 saturated carbocycles.